The Balaban J connectivity index is 1.36. The molecule has 0 unspecified atom stereocenters. The van der Waals surface area contributed by atoms with Gasteiger partial charge in [0.25, 0.3) is 0 Å². The number of rotatable bonds is 5. The van der Waals surface area contributed by atoms with Crippen LogP contribution in [-0.2, 0) is 4.79 Å². The van der Waals surface area contributed by atoms with E-state index in [9.17, 15) is 4.79 Å². The van der Waals surface area contributed by atoms with Crippen molar-refractivity contribution in [1.82, 2.24) is 0 Å². The van der Waals surface area contributed by atoms with Crippen molar-refractivity contribution in [2.24, 2.45) is 0 Å². The number of hydrogen-bond donors (Lipinski definition) is 1. The third-order valence-electron chi connectivity index (χ3n) is 5.03. The zero-order chi connectivity index (χ0) is 20.9. The van der Waals surface area contributed by atoms with Crippen LogP contribution in [0.4, 0.5) is 11.4 Å². The molecule has 3 aromatic rings. The highest BCUT2D eigenvalue weighted by Crippen LogP contribution is 2.29. The number of amides is 1. The van der Waals surface area contributed by atoms with Crippen molar-refractivity contribution in [2.45, 2.75) is 19.3 Å². The summed E-state index contributed by atoms with van der Waals surface area (Å²) >= 11 is 12.1. The Morgan fingerprint density at radius 3 is 2.33 bits per heavy atom. The van der Waals surface area contributed by atoms with Gasteiger partial charge in [-0.15, -0.1) is 0 Å². The van der Waals surface area contributed by atoms with Gasteiger partial charge in [-0.2, -0.15) is 0 Å². The summed E-state index contributed by atoms with van der Waals surface area (Å²) < 4.78 is 5.77. The predicted octanol–water partition coefficient (Wildman–Crippen LogP) is 6.90. The molecule has 0 radical (unpaired) electrons. The van der Waals surface area contributed by atoms with E-state index in [1.54, 1.807) is 30.3 Å². The van der Waals surface area contributed by atoms with Gasteiger partial charge in [0.2, 0.25) is 5.91 Å². The van der Waals surface area contributed by atoms with Crippen LogP contribution in [0.2, 0.25) is 10.0 Å². The van der Waals surface area contributed by atoms with Crippen LogP contribution in [0.15, 0.2) is 65.1 Å². The molecule has 30 heavy (non-hydrogen) atoms. The summed E-state index contributed by atoms with van der Waals surface area (Å²) in [5, 5.41) is 3.95. The van der Waals surface area contributed by atoms with Crippen LogP contribution in [-0.4, -0.2) is 19.0 Å². The number of benzene rings is 2. The summed E-state index contributed by atoms with van der Waals surface area (Å²) in [7, 11) is 0. The third kappa shape index (κ3) is 5.26. The van der Waals surface area contributed by atoms with E-state index < -0.39 is 0 Å². The lowest BCUT2D eigenvalue weighted by molar-refractivity contribution is -0.111. The molecule has 1 N–H and O–H groups in total. The second kappa shape index (κ2) is 9.41. The topological polar surface area (TPSA) is 45.5 Å². The van der Waals surface area contributed by atoms with E-state index in [1.807, 2.05) is 18.2 Å². The molecule has 0 aliphatic carbocycles. The van der Waals surface area contributed by atoms with Crippen LogP contribution >= 0.6 is 23.2 Å². The van der Waals surface area contributed by atoms with Gasteiger partial charge in [-0.25, -0.2) is 0 Å². The number of hydrogen-bond acceptors (Lipinski definition) is 3. The maximum Gasteiger partial charge on any atom is 0.248 e. The van der Waals surface area contributed by atoms with Crippen molar-refractivity contribution in [1.29, 1.82) is 0 Å². The van der Waals surface area contributed by atoms with Crippen molar-refractivity contribution >= 4 is 46.6 Å². The smallest absolute Gasteiger partial charge is 0.248 e. The Kier molecular flexibility index (Phi) is 6.46. The fraction of sp³-hybridized carbons (Fsp3) is 0.208. The van der Waals surface area contributed by atoms with Crippen LogP contribution in [0, 0.1) is 0 Å². The Morgan fingerprint density at radius 1 is 0.933 bits per heavy atom. The van der Waals surface area contributed by atoms with Gasteiger partial charge < -0.3 is 14.6 Å². The predicted molar refractivity (Wildman–Crippen MR) is 124 cm³/mol. The number of piperidine rings is 1. The lowest BCUT2D eigenvalue weighted by Crippen LogP contribution is -2.29. The quantitative estimate of drug-likeness (QED) is 0.438. The number of carbonyl (C=O) groups excluding carboxylic acids is 1. The van der Waals surface area contributed by atoms with Crippen molar-refractivity contribution in [2.75, 3.05) is 23.3 Å². The molecule has 6 heteroatoms. The van der Waals surface area contributed by atoms with E-state index in [-0.39, 0.29) is 5.91 Å². The molecule has 1 aliphatic rings. The zero-order valence-corrected chi connectivity index (χ0v) is 17.9. The van der Waals surface area contributed by atoms with E-state index in [4.69, 9.17) is 27.6 Å². The number of furan rings is 1. The van der Waals surface area contributed by atoms with Crippen LogP contribution < -0.4 is 10.2 Å². The first-order chi connectivity index (χ1) is 14.6. The first-order valence-corrected chi connectivity index (χ1v) is 10.7. The van der Waals surface area contributed by atoms with Crippen molar-refractivity contribution in [3.8, 4) is 11.3 Å². The van der Waals surface area contributed by atoms with Crippen LogP contribution in [0.3, 0.4) is 0 Å². The van der Waals surface area contributed by atoms with Gasteiger partial charge in [-0.05, 0) is 79.9 Å². The molecule has 1 aliphatic heterocycles. The SMILES string of the molecule is O=C(/C=C/c1ccc(-c2cc(Cl)cc(Cl)c2)o1)Nc1ccc(N2CCCCC2)cc1. The van der Waals surface area contributed by atoms with Crippen LogP contribution in [0.25, 0.3) is 17.4 Å². The molecule has 2 heterocycles. The second-order valence-electron chi connectivity index (χ2n) is 7.28. The molecular formula is C24H22Cl2N2O2. The fourth-order valence-electron chi connectivity index (χ4n) is 3.54. The minimum atomic E-state index is -0.218. The highest BCUT2D eigenvalue weighted by molar-refractivity contribution is 6.35. The molecule has 154 valence electrons. The molecule has 0 bridgehead atoms. The first kappa shape index (κ1) is 20.6. The Morgan fingerprint density at radius 2 is 1.63 bits per heavy atom. The molecule has 2 aromatic carbocycles. The van der Waals surface area contributed by atoms with Crippen molar-refractivity contribution in [3.05, 3.63) is 76.5 Å². The molecule has 0 spiro atoms. The van der Waals surface area contributed by atoms with Crippen LogP contribution in [0.5, 0.6) is 0 Å². The summed E-state index contributed by atoms with van der Waals surface area (Å²) in [6, 6.07) is 16.8. The number of halogens is 2. The molecule has 0 saturated carbocycles. The molecule has 1 amide bonds. The maximum atomic E-state index is 12.3. The van der Waals surface area contributed by atoms with Gasteiger partial charge in [-0.3, -0.25) is 4.79 Å². The van der Waals surface area contributed by atoms with E-state index in [0.717, 1.165) is 24.3 Å². The molecule has 1 saturated heterocycles. The highest BCUT2D eigenvalue weighted by Gasteiger charge is 2.11. The summed E-state index contributed by atoms with van der Waals surface area (Å²) in [6.07, 6.45) is 6.87. The standard InChI is InChI=1S/C24H22Cl2N2O2/c25-18-14-17(15-19(26)16-18)23-10-8-22(30-23)9-11-24(29)27-20-4-6-21(7-5-20)28-12-2-1-3-13-28/h4-11,14-16H,1-3,12-13H2,(H,27,29)/b11-9+. The van der Waals surface area contributed by atoms with Crippen molar-refractivity contribution < 1.29 is 9.21 Å². The Labute approximate surface area is 186 Å². The highest BCUT2D eigenvalue weighted by atomic mass is 35.5. The number of anilines is 2. The van der Waals surface area contributed by atoms with E-state index in [1.165, 1.54) is 31.0 Å². The van der Waals surface area contributed by atoms with E-state index in [0.29, 0.717) is 21.6 Å². The number of carbonyl (C=O) groups is 1. The summed E-state index contributed by atoms with van der Waals surface area (Å²) in [4.78, 5) is 14.6. The van der Waals surface area contributed by atoms with Crippen LogP contribution in [0.1, 0.15) is 25.0 Å². The third-order valence-corrected chi connectivity index (χ3v) is 5.47. The number of nitrogens with one attached hydrogen (secondary N) is 1. The zero-order valence-electron chi connectivity index (χ0n) is 16.4. The minimum Gasteiger partial charge on any atom is -0.457 e. The summed E-state index contributed by atoms with van der Waals surface area (Å²) in [6.45, 7) is 2.20. The molecule has 4 rings (SSSR count). The maximum absolute atomic E-state index is 12.3. The van der Waals surface area contributed by atoms with Gasteiger partial charge in [0.15, 0.2) is 0 Å². The summed E-state index contributed by atoms with van der Waals surface area (Å²) in [5.41, 5.74) is 2.75. The second-order valence-corrected chi connectivity index (χ2v) is 8.15. The lowest BCUT2D eigenvalue weighted by Gasteiger charge is -2.28. The molecule has 1 fully saturated rings. The monoisotopic (exact) mass is 440 g/mol. The fourth-order valence-corrected chi connectivity index (χ4v) is 4.07. The molecule has 1 aromatic heterocycles. The molecule has 4 nitrogen and oxygen atoms in total. The molecule has 0 atom stereocenters. The first-order valence-electron chi connectivity index (χ1n) is 9.97. The Hall–Kier alpha value is -2.69. The van der Waals surface area contributed by atoms with Gasteiger partial charge >= 0.3 is 0 Å². The Bertz CT molecular complexity index is 1030. The number of nitrogens with zero attached hydrogens (tertiary/aromatic N) is 1. The average Bonchev–Trinajstić information content (AvgIpc) is 3.22. The van der Waals surface area contributed by atoms with E-state index >= 15 is 0 Å². The van der Waals surface area contributed by atoms with E-state index in [2.05, 4.69) is 22.3 Å². The van der Waals surface area contributed by atoms with Gasteiger partial charge in [0, 0.05) is 46.1 Å². The average molecular weight is 441 g/mol. The lowest BCUT2D eigenvalue weighted by atomic mass is 10.1. The van der Waals surface area contributed by atoms with Crippen molar-refractivity contribution in [3.63, 3.8) is 0 Å². The van der Waals surface area contributed by atoms with Gasteiger partial charge in [-0.1, -0.05) is 23.2 Å². The van der Waals surface area contributed by atoms with Gasteiger partial charge in [0.05, 0.1) is 0 Å². The largest absolute Gasteiger partial charge is 0.457 e. The normalized spacial score (nSPS) is 14.3. The summed E-state index contributed by atoms with van der Waals surface area (Å²) in [5.74, 6) is 0.980. The molecular weight excluding hydrogens is 419 g/mol. The minimum absolute atomic E-state index is 0.218. The van der Waals surface area contributed by atoms with Gasteiger partial charge in [0.1, 0.15) is 11.5 Å².